The fraction of sp³-hybridized carbons (Fsp3) is 0.929. The van der Waals surface area contributed by atoms with Crippen molar-refractivity contribution in [3.63, 3.8) is 0 Å². The van der Waals surface area contributed by atoms with Gasteiger partial charge in [-0.15, -0.1) is 0 Å². The van der Waals surface area contributed by atoms with E-state index in [1.807, 2.05) is 20.8 Å². The molecule has 1 rings (SSSR count). The summed E-state index contributed by atoms with van der Waals surface area (Å²) in [5.41, 5.74) is -0.488. The summed E-state index contributed by atoms with van der Waals surface area (Å²) >= 11 is 0. The van der Waals surface area contributed by atoms with Gasteiger partial charge >= 0.3 is 6.09 Å². The van der Waals surface area contributed by atoms with Gasteiger partial charge in [-0.1, -0.05) is 0 Å². The van der Waals surface area contributed by atoms with Crippen molar-refractivity contribution in [2.45, 2.75) is 38.9 Å². The number of β-amino-alcohol motifs (C(OH)–C–C–N with tert-alkyl or cyclic N) is 1. The Hall–Kier alpha value is -0.850. The number of carbonyl (C=O) groups excluding carboxylic acids is 1. The van der Waals surface area contributed by atoms with Gasteiger partial charge in [0.25, 0.3) is 0 Å². The topological polar surface area (TPSA) is 62.2 Å². The zero-order chi connectivity index (χ0) is 15.2. The molecule has 6 heteroatoms. The summed E-state index contributed by atoms with van der Waals surface area (Å²) in [4.78, 5) is 15.4. The molecule has 20 heavy (non-hydrogen) atoms. The minimum Gasteiger partial charge on any atom is -0.444 e. The lowest BCUT2D eigenvalue weighted by atomic mass is 10.2. The van der Waals surface area contributed by atoms with E-state index in [1.165, 1.54) is 4.90 Å². The zero-order valence-corrected chi connectivity index (χ0v) is 13.1. The Bertz CT molecular complexity index is 298. The molecule has 0 radical (unpaired) electrons. The molecule has 118 valence electrons. The maximum absolute atomic E-state index is 11.8. The van der Waals surface area contributed by atoms with Crippen LogP contribution in [0.4, 0.5) is 4.79 Å². The molecule has 1 amide bonds. The lowest BCUT2D eigenvalue weighted by Crippen LogP contribution is -2.42. The predicted molar refractivity (Wildman–Crippen MR) is 76.7 cm³/mol. The molecule has 0 aromatic carbocycles. The van der Waals surface area contributed by atoms with Gasteiger partial charge in [0.15, 0.2) is 0 Å². The molecule has 6 nitrogen and oxygen atoms in total. The summed E-state index contributed by atoms with van der Waals surface area (Å²) < 4.78 is 10.5. The van der Waals surface area contributed by atoms with E-state index in [0.717, 1.165) is 26.3 Å². The molecule has 0 aromatic rings. The average Bonchev–Trinajstić information content (AvgIpc) is 2.35. The fourth-order valence-electron chi connectivity index (χ4n) is 1.95. The van der Waals surface area contributed by atoms with Crippen molar-refractivity contribution in [3.05, 3.63) is 0 Å². The molecule has 1 N–H and O–H groups in total. The van der Waals surface area contributed by atoms with Crippen molar-refractivity contribution >= 4 is 6.09 Å². The Morgan fingerprint density at radius 3 is 2.55 bits per heavy atom. The van der Waals surface area contributed by atoms with Crippen LogP contribution in [0, 0.1) is 0 Å². The average molecular weight is 288 g/mol. The Morgan fingerprint density at radius 2 is 2.00 bits per heavy atom. The van der Waals surface area contributed by atoms with E-state index in [-0.39, 0.29) is 6.09 Å². The van der Waals surface area contributed by atoms with Gasteiger partial charge in [0.2, 0.25) is 0 Å². The first-order valence-electron chi connectivity index (χ1n) is 7.20. The standard InChI is InChI=1S/C14H28N2O4/c1-14(2,3)20-13(18)15(4)6-5-12(17)11-16-7-9-19-10-8-16/h12,17H,5-11H2,1-4H3. The van der Waals surface area contributed by atoms with Gasteiger partial charge < -0.3 is 19.5 Å². The summed E-state index contributed by atoms with van der Waals surface area (Å²) in [5.74, 6) is 0. The monoisotopic (exact) mass is 288 g/mol. The molecule has 0 spiro atoms. The van der Waals surface area contributed by atoms with Crippen LogP contribution in [0.3, 0.4) is 0 Å². The van der Waals surface area contributed by atoms with Crippen molar-refractivity contribution in [1.82, 2.24) is 9.80 Å². The minimum atomic E-state index is -0.488. The highest BCUT2D eigenvalue weighted by atomic mass is 16.6. The van der Waals surface area contributed by atoms with Crippen molar-refractivity contribution in [3.8, 4) is 0 Å². The lowest BCUT2D eigenvalue weighted by molar-refractivity contribution is 0.00859. The van der Waals surface area contributed by atoms with E-state index in [4.69, 9.17) is 9.47 Å². The highest BCUT2D eigenvalue weighted by Crippen LogP contribution is 2.10. The zero-order valence-electron chi connectivity index (χ0n) is 13.1. The number of morpholine rings is 1. The molecule has 0 aliphatic carbocycles. The summed E-state index contributed by atoms with van der Waals surface area (Å²) in [6.07, 6.45) is -0.235. The number of amides is 1. The van der Waals surface area contributed by atoms with Gasteiger partial charge in [0, 0.05) is 33.2 Å². The molecule has 1 aliphatic heterocycles. The molecule has 1 saturated heterocycles. The molecule has 0 aromatic heterocycles. The van der Waals surface area contributed by atoms with E-state index in [0.29, 0.717) is 19.5 Å². The molecule has 1 heterocycles. The van der Waals surface area contributed by atoms with Gasteiger partial charge in [0.05, 0.1) is 19.3 Å². The van der Waals surface area contributed by atoms with Crippen LogP contribution in [0.1, 0.15) is 27.2 Å². The van der Waals surface area contributed by atoms with Crippen LogP contribution in [0.5, 0.6) is 0 Å². The van der Waals surface area contributed by atoms with E-state index in [9.17, 15) is 9.90 Å². The lowest BCUT2D eigenvalue weighted by Gasteiger charge is -2.29. The van der Waals surface area contributed by atoms with Crippen LogP contribution in [0.2, 0.25) is 0 Å². The second-order valence-corrected chi connectivity index (χ2v) is 6.26. The van der Waals surface area contributed by atoms with Crippen LogP contribution in [-0.4, -0.2) is 79.1 Å². The predicted octanol–water partition coefficient (Wildman–Crippen LogP) is 0.936. The summed E-state index contributed by atoms with van der Waals surface area (Å²) in [6, 6.07) is 0. The van der Waals surface area contributed by atoms with Crippen molar-refractivity contribution in [1.29, 1.82) is 0 Å². The minimum absolute atomic E-state index is 0.351. The van der Waals surface area contributed by atoms with E-state index in [2.05, 4.69) is 4.90 Å². The maximum atomic E-state index is 11.8. The second kappa shape index (κ2) is 7.81. The van der Waals surface area contributed by atoms with Crippen molar-refractivity contribution in [2.75, 3.05) is 46.4 Å². The number of aliphatic hydroxyl groups excluding tert-OH is 1. The number of ether oxygens (including phenoxy) is 2. The third kappa shape index (κ3) is 7.07. The number of hydrogen-bond acceptors (Lipinski definition) is 5. The number of hydrogen-bond donors (Lipinski definition) is 1. The van der Waals surface area contributed by atoms with Crippen molar-refractivity contribution < 1.29 is 19.4 Å². The normalized spacial score (nSPS) is 18.6. The van der Waals surface area contributed by atoms with Crippen LogP contribution in [0.15, 0.2) is 0 Å². The SMILES string of the molecule is CN(CCC(O)CN1CCOCC1)C(=O)OC(C)(C)C. The van der Waals surface area contributed by atoms with Gasteiger partial charge in [-0.3, -0.25) is 4.90 Å². The fourth-order valence-corrected chi connectivity index (χ4v) is 1.95. The van der Waals surface area contributed by atoms with Gasteiger partial charge in [-0.2, -0.15) is 0 Å². The quantitative estimate of drug-likeness (QED) is 0.815. The van der Waals surface area contributed by atoms with Crippen LogP contribution in [-0.2, 0) is 9.47 Å². The van der Waals surface area contributed by atoms with Gasteiger partial charge in [-0.05, 0) is 27.2 Å². The van der Waals surface area contributed by atoms with Crippen molar-refractivity contribution in [2.24, 2.45) is 0 Å². The molecule has 1 atom stereocenters. The Morgan fingerprint density at radius 1 is 1.40 bits per heavy atom. The Labute approximate surface area is 121 Å². The Kier molecular flexibility index (Phi) is 6.71. The van der Waals surface area contributed by atoms with Crippen LogP contribution in [0.25, 0.3) is 0 Å². The Balaban J connectivity index is 2.22. The number of rotatable bonds is 5. The first kappa shape index (κ1) is 17.2. The van der Waals surface area contributed by atoms with E-state index in [1.54, 1.807) is 7.05 Å². The molecular weight excluding hydrogens is 260 g/mol. The van der Waals surface area contributed by atoms with Crippen LogP contribution >= 0.6 is 0 Å². The van der Waals surface area contributed by atoms with Crippen LogP contribution < -0.4 is 0 Å². The maximum Gasteiger partial charge on any atom is 0.410 e. The largest absolute Gasteiger partial charge is 0.444 e. The number of carbonyl (C=O) groups is 1. The highest BCUT2D eigenvalue weighted by molar-refractivity contribution is 5.67. The molecule has 0 bridgehead atoms. The van der Waals surface area contributed by atoms with E-state index >= 15 is 0 Å². The van der Waals surface area contributed by atoms with Gasteiger partial charge in [0.1, 0.15) is 5.60 Å². The summed E-state index contributed by atoms with van der Waals surface area (Å²) in [7, 11) is 1.69. The molecule has 1 fully saturated rings. The van der Waals surface area contributed by atoms with E-state index < -0.39 is 11.7 Å². The molecule has 0 saturated carbocycles. The molecular formula is C14H28N2O4. The number of aliphatic hydroxyl groups is 1. The first-order valence-corrected chi connectivity index (χ1v) is 7.20. The summed E-state index contributed by atoms with van der Waals surface area (Å²) in [5, 5.41) is 10.0. The van der Waals surface area contributed by atoms with Gasteiger partial charge in [-0.25, -0.2) is 4.79 Å². The number of nitrogens with zero attached hydrogens (tertiary/aromatic N) is 2. The summed E-state index contributed by atoms with van der Waals surface area (Å²) in [6.45, 7) is 9.81. The molecule has 1 unspecified atom stereocenters. The highest BCUT2D eigenvalue weighted by Gasteiger charge is 2.21. The molecule has 1 aliphatic rings. The third-order valence-electron chi connectivity index (χ3n) is 3.08. The first-order chi connectivity index (χ1) is 9.28. The smallest absolute Gasteiger partial charge is 0.410 e. The second-order valence-electron chi connectivity index (χ2n) is 6.26. The third-order valence-corrected chi connectivity index (χ3v) is 3.08.